The first-order chi connectivity index (χ1) is 15.8. The van der Waals surface area contributed by atoms with Gasteiger partial charge < -0.3 is 30.3 Å². The summed E-state index contributed by atoms with van der Waals surface area (Å²) >= 11 is 6.07. The fourth-order valence-electron chi connectivity index (χ4n) is 3.73. The lowest BCUT2D eigenvalue weighted by atomic mass is 10.1. The van der Waals surface area contributed by atoms with E-state index in [-0.39, 0.29) is 12.5 Å². The number of rotatable bonds is 10. The van der Waals surface area contributed by atoms with Gasteiger partial charge in [-0.05, 0) is 67.4 Å². The molecule has 0 radical (unpaired) electrons. The summed E-state index contributed by atoms with van der Waals surface area (Å²) in [5, 5.41) is 16.2. The summed E-state index contributed by atoms with van der Waals surface area (Å²) < 4.78 is 6.33. The largest absolute Gasteiger partial charge is 0.452 e. The summed E-state index contributed by atoms with van der Waals surface area (Å²) in [5.41, 5.74) is 3.58. The Morgan fingerprint density at radius 2 is 1.94 bits per heavy atom. The molecule has 0 bridgehead atoms. The van der Waals surface area contributed by atoms with E-state index in [2.05, 4.69) is 23.3 Å². The molecule has 1 heterocycles. The summed E-state index contributed by atoms with van der Waals surface area (Å²) in [6.45, 7) is 8.63. The summed E-state index contributed by atoms with van der Waals surface area (Å²) in [6.07, 6.45) is 1.38. The van der Waals surface area contributed by atoms with Crippen molar-refractivity contribution in [3.8, 4) is 5.75 Å². The predicted molar refractivity (Wildman–Crippen MR) is 130 cm³/mol. The van der Waals surface area contributed by atoms with Gasteiger partial charge in [-0.3, -0.25) is 4.79 Å². The highest BCUT2D eigenvalue weighted by molar-refractivity contribution is 6.30. The number of nitrogens with zero attached hydrogens (tertiary/aromatic N) is 2. The van der Waals surface area contributed by atoms with Gasteiger partial charge in [0.05, 0.1) is 0 Å². The molecule has 1 atom stereocenters. The van der Waals surface area contributed by atoms with Gasteiger partial charge in [-0.2, -0.15) is 0 Å². The molecule has 1 amide bonds. The van der Waals surface area contributed by atoms with Crippen molar-refractivity contribution in [3.05, 3.63) is 88.5 Å². The number of benzene rings is 2. The van der Waals surface area contributed by atoms with Crippen molar-refractivity contribution >= 4 is 17.5 Å². The molecule has 1 aliphatic rings. The fraction of sp³-hybridized carbons (Fsp3) is 0.320. The standard InChI is InChI=1S/C25H31ClN4O3/c1-5-27-23-22(24(32)29(4)11-6-12-31)30(16-19-7-9-20(26)10-8-19)25(28-23)33-21-14-17(2)13-18(3)15-21/h5,7-10,13-15,25,27-28,31H,1,6,11-12,16H2,2-4H3. The van der Waals surface area contributed by atoms with Crippen molar-refractivity contribution in [3.63, 3.8) is 0 Å². The van der Waals surface area contributed by atoms with Crippen LogP contribution in [0.4, 0.5) is 0 Å². The first-order valence-electron chi connectivity index (χ1n) is 10.8. The number of nitrogens with one attached hydrogen (secondary N) is 2. The molecule has 0 spiro atoms. The molecular formula is C25H31ClN4O3. The van der Waals surface area contributed by atoms with Gasteiger partial charge in [-0.1, -0.05) is 36.4 Å². The number of ether oxygens (including phenoxy) is 1. The number of aliphatic hydroxyl groups excluding tert-OH is 1. The van der Waals surface area contributed by atoms with Gasteiger partial charge in [0, 0.05) is 31.8 Å². The van der Waals surface area contributed by atoms with Crippen LogP contribution < -0.4 is 15.4 Å². The zero-order valence-corrected chi connectivity index (χ0v) is 20.0. The Morgan fingerprint density at radius 3 is 2.55 bits per heavy atom. The van der Waals surface area contributed by atoms with E-state index in [4.69, 9.17) is 16.3 Å². The molecule has 2 aromatic carbocycles. The number of carbonyl (C=O) groups is 1. The minimum atomic E-state index is -0.630. The van der Waals surface area contributed by atoms with E-state index in [1.54, 1.807) is 11.9 Å². The third-order valence-electron chi connectivity index (χ3n) is 5.23. The fourth-order valence-corrected chi connectivity index (χ4v) is 3.86. The van der Waals surface area contributed by atoms with Crippen LogP contribution in [-0.2, 0) is 11.3 Å². The zero-order chi connectivity index (χ0) is 24.0. The molecule has 8 heteroatoms. The normalized spacial score (nSPS) is 15.3. The first-order valence-corrected chi connectivity index (χ1v) is 11.2. The van der Waals surface area contributed by atoms with Crippen molar-refractivity contribution in [2.45, 2.75) is 33.2 Å². The van der Waals surface area contributed by atoms with E-state index in [1.165, 1.54) is 6.20 Å². The van der Waals surface area contributed by atoms with E-state index < -0.39 is 6.35 Å². The molecule has 176 valence electrons. The number of aryl methyl sites for hydroxylation is 2. The lowest BCUT2D eigenvalue weighted by Gasteiger charge is -2.30. The summed E-state index contributed by atoms with van der Waals surface area (Å²) in [5.74, 6) is 1.02. The first kappa shape index (κ1) is 24.5. The van der Waals surface area contributed by atoms with Crippen molar-refractivity contribution in [1.29, 1.82) is 0 Å². The molecule has 0 saturated heterocycles. The zero-order valence-electron chi connectivity index (χ0n) is 19.3. The van der Waals surface area contributed by atoms with Gasteiger partial charge in [0.25, 0.3) is 12.3 Å². The second-order valence-corrected chi connectivity index (χ2v) is 8.50. The van der Waals surface area contributed by atoms with Gasteiger partial charge in [-0.15, -0.1) is 0 Å². The highest BCUT2D eigenvalue weighted by atomic mass is 35.5. The molecule has 3 N–H and O–H groups in total. The van der Waals surface area contributed by atoms with E-state index in [0.717, 1.165) is 16.7 Å². The number of likely N-dealkylation sites (N-methyl/N-ethyl adjacent to an activating group) is 1. The number of amides is 1. The Kier molecular flexibility index (Phi) is 8.25. The van der Waals surface area contributed by atoms with Gasteiger partial charge in [-0.25, -0.2) is 0 Å². The molecular weight excluding hydrogens is 440 g/mol. The molecule has 0 saturated carbocycles. The minimum absolute atomic E-state index is 0.0135. The molecule has 0 aromatic heterocycles. The lowest BCUT2D eigenvalue weighted by Crippen LogP contribution is -2.44. The van der Waals surface area contributed by atoms with Crippen LogP contribution in [0.5, 0.6) is 5.75 Å². The molecule has 0 fully saturated rings. The summed E-state index contributed by atoms with van der Waals surface area (Å²) in [7, 11) is 1.72. The van der Waals surface area contributed by atoms with Gasteiger partial charge >= 0.3 is 0 Å². The third-order valence-corrected chi connectivity index (χ3v) is 5.48. The maximum Gasteiger partial charge on any atom is 0.273 e. The maximum atomic E-state index is 13.5. The number of aliphatic hydroxyl groups is 1. The quantitative estimate of drug-likeness (QED) is 0.493. The van der Waals surface area contributed by atoms with Crippen LogP contribution >= 0.6 is 11.6 Å². The van der Waals surface area contributed by atoms with Crippen LogP contribution in [0.15, 0.2) is 66.8 Å². The van der Waals surface area contributed by atoms with Crippen molar-refractivity contribution in [2.24, 2.45) is 0 Å². The second-order valence-electron chi connectivity index (χ2n) is 8.07. The Hall–Kier alpha value is -3.16. The molecule has 3 rings (SSSR count). The van der Waals surface area contributed by atoms with Crippen molar-refractivity contribution in [2.75, 3.05) is 20.2 Å². The lowest BCUT2D eigenvalue weighted by molar-refractivity contribution is -0.128. The highest BCUT2D eigenvalue weighted by Gasteiger charge is 2.38. The van der Waals surface area contributed by atoms with E-state index >= 15 is 0 Å². The Labute approximate surface area is 200 Å². The van der Waals surface area contributed by atoms with Crippen LogP contribution in [0.1, 0.15) is 23.1 Å². The Morgan fingerprint density at radius 1 is 1.27 bits per heavy atom. The number of hydrogen-bond acceptors (Lipinski definition) is 6. The van der Waals surface area contributed by atoms with Gasteiger partial charge in [0.2, 0.25) is 0 Å². The predicted octanol–water partition coefficient (Wildman–Crippen LogP) is 3.47. The monoisotopic (exact) mass is 470 g/mol. The van der Waals surface area contributed by atoms with E-state index in [9.17, 15) is 9.90 Å². The number of hydrogen-bond donors (Lipinski definition) is 3. The third kappa shape index (κ3) is 6.21. The second kappa shape index (κ2) is 11.1. The summed E-state index contributed by atoms with van der Waals surface area (Å²) in [4.78, 5) is 16.9. The van der Waals surface area contributed by atoms with Crippen molar-refractivity contribution in [1.82, 2.24) is 20.4 Å². The van der Waals surface area contributed by atoms with Gasteiger partial charge in [0.1, 0.15) is 17.3 Å². The van der Waals surface area contributed by atoms with Crippen molar-refractivity contribution < 1.29 is 14.6 Å². The number of carbonyl (C=O) groups excluding carboxylic acids is 1. The molecule has 0 aliphatic carbocycles. The molecule has 7 nitrogen and oxygen atoms in total. The van der Waals surface area contributed by atoms with E-state index in [0.29, 0.717) is 41.8 Å². The molecule has 1 aliphatic heterocycles. The molecule has 33 heavy (non-hydrogen) atoms. The highest BCUT2D eigenvalue weighted by Crippen LogP contribution is 2.27. The minimum Gasteiger partial charge on any atom is -0.452 e. The summed E-state index contributed by atoms with van der Waals surface area (Å²) in [6, 6.07) is 13.5. The topological polar surface area (TPSA) is 77.1 Å². The van der Waals surface area contributed by atoms with Crippen LogP contribution in [0, 0.1) is 13.8 Å². The number of halogens is 1. The van der Waals surface area contributed by atoms with Crippen LogP contribution in [0.2, 0.25) is 5.02 Å². The van der Waals surface area contributed by atoms with Gasteiger partial charge in [0.15, 0.2) is 0 Å². The molecule has 1 unspecified atom stereocenters. The SMILES string of the molecule is C=CNC1=C(C(=O)N(C)CCCO)N(Cc2ccc(Cl)cc2)C(Oc2cc(C)cc(C)c2)N1. The van der Waals surface area contributed by atoms with Crippen LogP contribution in [0.3, 0.4) is 0 Å². The van der Waals surface area contributed by atoms with Crippen LogP contribution in [-0.4, -0.2) is 47.4 Å². The van der Waals surface area contributed by atoms with Crippen LogP contribution in [0.25, 0.3) is 0 Å². The average molecular weight is 471 g/mol. The maximum absolute atomic E-state index is 13.5. The smallest absolute Gasteiger partial charge is 0.273 e. The Balaban J connectivity index is 1.97. The Bertz CT molecular complexity index is 1000. The average Bonchev–Trinajstić information content (AvgIpc) is 3.08. The van der Waals surface area contributed by atoms with E-state index in [1.807, 2.05) is 55.1 Å². The molecule has 2 aromatic rings.